The zero-order valence-electron chi connectivity index (χ0n) is 11.4. The minimum Gasteiger partial charge on any atom is -0.474 e. The summed E-state index contributed by atoms with van der Waals surface area (Å²) in [5.41, 5.74) is 0.317. The molecule has 0 radical (unpaired) electrons. The van der Waals surface area contributed by atoms with Gasteiger partial charge < -0.3 is 15.2 Å². The van der Waals surface area contributed by atoms with Gasteiger partial charge in [0.05, 0.1) is 0 Å². The molecule has 106 valence electrons. The molecule has 0 unspecified atom stereocenters. The molecule has 0 fully saturated rings. The number of aromatic nitrogens is 1. The molecule has 0 spiro atoms. The second-order valence-corrected chi connectivity index (χ2v) is 5.06. The number of rotatable bonds is 5. The predicted molar refractivity (Wildman–Crippen MR) is 75.5 cm³/mol. The largest absolute Gasteiger partial charge is 0.474 e. The Morgan fingerprint density at radius 2 is 2.21 bits per heavy atom. The summed E-state index contributed by atoms with van der Waals surface area (Å²) in [6.45, 7) is 6.60. The lowest BCUT2D eigenvalue weighted by Gasteiger charge is -2.22. The Morgan fingerprint density at radius 3 is 2.79 bits per heavy atom. The highest BCUT2D eigenvalue weighted by Gasteiger charge is 2.13. The van der Waals surface area contributed by atoms with Gasteiger partial charge in [0.25, 0.3) is 0 Å². The second kappa shape index (κ2) is 7.95. The fourth-order valence-electron chi connectivity index (χ4n) is 1.25. The number of nitriles is 1. The topological polar surface area (TPSA) is 78.2 Å². The van der Waals surface area contributed by atoms with E-state index in [0.29, 0.717) is 12.1 Å². The van der Waals surface area contributed by atoms with Gasteiger partial charge in [-0.3, -0.25) is 0 Å². The molecule has 0 aliphatic rings. The van der Waals surface area contributed by atoms with Gasteiger partial charge in [0.2, 0.25) is 5.88 Å². The number of hydrogen-bond donors (Lipinski definition) is 2. The van der Waals surface area contributed by atoms with E-state index < -0.39 is 6.10 Å². The number of pyridine rings is 1. The summed E-state index contributed by atoms with van der Waals surface area (Å²) in [5, 5.41) is 21.8. The monoisotopic (exact) mass is 285 g/mol. The van der Waals surface area contributed by atoms with E-state index in [2.05, 4.69) is 10.3 Å². The third-order valence-electron chi connectivity index (χ3n) is 2.17. The lowest BCUT2D eigenvalue weighted by Crippen LogP contribution is -2.42. The lowest BCUT2D eigenvalue weighted by atomic mass is 10.1. The van der Waals surface area contributed by atoms with Crippen LogP contribution in [0.2, 0.25) is 0 Å². The highest BCUT2D eigenvalue weighted by molar-refractivity contribution is 5.85. The van der Waals surface area contributed by atoms with Crippen LogP contribution in [0.25, 0.3) is 0 Å². The van der Waals surface area contributed by atoms with Crippen molar-refractivity contribution in [1.29, 1.82) is 5.26 Å². The van der Waals surface area contributed by atoms with Gasteiger partial charge in [-0.1, -0.05) is 0 Å². The van der Waals surface area contributed by atoms with Crippen LogP contribution in [0.3, 0.4) is 0 Å². The normalized spacial score (nSPS) is 12.2. The second-order valence-electron chi connectivity index (χ2n) is 5.06. The first-order valence-corrected chi connectivity index (χ1v) is 5.83. The maximum absolute atomic E-state index is 9.74. The molecule has 1 aromatic rings. The van der Waals surface area contributed by atoms with Crippen LogP contribution in [-0.4, -0.2) is 34.9 Å². The van der Waals surface area contributed by atoms with E-state index in [1.54, 1.807) is 18.3 Å². The average molecular weight is 286 g/mol. The minimum absolute atomic E-state index is 0. The van der Waals surface area contributed by atoms with E-state index in [0.717, 1.165) is 0 Å². The number of ether oxygens (including phenoxy) is 1. The van der Waals surface area contributed by atoms with Gasteiger partial charge in [-0.2, -0.15) is 5.26 Å². The number of hydrogen-bond acceptors (Lipinski definition) is 5. The summed E-state index contributed by atoms with van der Waals surface area (Å²) in [5.74, 6) is 0.259. The summed E-state index contributed by atoms with van der Waals surface area (Å²) in [7, 11) is 0. The molecule has 0 aliphatic carbocycles. The highest BCUT2D eigenvalue weighted by atomic mass is 35.5. The number of nitrogens with zero attached hydrogens (tertiary/aromatic N) is 2. The molecular formula is C13H20ClN3O2. The summed E-state index contributed by atoms with van der Waals surface area (Å²) in [4.78, 5) is 3.95. The Hall–Kier alpha value is -1.35. The number of aliphatic hydroxyl groups is 1. The van der Waals surface area contributed by atoms with Crippen LogP contribution in [0.5, 0.6) is 5.88 Å². The fourth-order valence-corrected chi connectivity index (χ4v) is 1.25. The molecule has 1 atom stereocenters. The minimum atomic E-state index is -0.641. The Bertz CT molecular complexity index is 427. The van der Waals surface area contributed by atoms with Crippen molar-refractivity contribution in [2.24, 2.45) is 0 Å². The summed E-state index contributed by atoms with van der Waals surface area (Å²) < 4.78 is 5.33. The van der Waals surface area contributed by atoms with Gasteiger partial charge in [-0.25, -0.2) is 4.98 Å². The van der Waals surface area contributed by atoms with E-state index in [4.69, 9.17) is 10.00 Å². The summed E-state index contributed by atoms with van der Waals surface area (Å²) in [6, 6.07) is 5.29. The summed E-state index contributed by atoms with van der Waals surface area (Å²) in [6.07, 6.45) is 0.911. The zero-order valence-corrected chi connectivity index (χ0v) is 12.2. The summed E-state index contributed by atoms with van der Waals surface area (Å²) >= 11 is 0. The van der Waals surface area contributed by atoms with Crippen molar-refractivity contribution in [3.8, 4) is 11.9 Å². The predicted octanol–water partition coefficient (Wildman–Crippen LogP) is 1.50. The molecule has 0 saturated heterocycles. The van der Waals surface area contributed by atoms with Crippen LogP contribution in [-0.2, 0) is 0 Å². The number of β-amino-alcohol motifs (C(OH)–C–C–N with tert-alkyl or cyclic N) is 1. The average Bonchev–Trinajstić information content (AvgIpc) is 2.33. The van der Waals surface area contributed by atoms with E-state index in [1.807, 2.05) is 26.8 Å². The van der Waals surface area contributed by atoms with Gasteiger partial charge in [-0.15, -0.1) is 12.4 Å². The SMILES string of the molecule is CC(C)(C)NC[C@@H](O)COc1ncccc1C#N.Cl. The maximum atomic E-state index is 9.74. The van der Waals surface area contributed by atoms with E-state index >= 15 is 0 Å². The third-order valence-corrected chi connectivity index (χ3v) is 2.17. The van der Waals surface area contributed by atoms with Gasteiger partial charge in [-0.05, 0) is 32.9 Å². The van der Waals surface area contributed by atoms with E-state index in [9.17, 15) is 5.11 Å². The van der Waals surface area contributed by atoms with Gasteiger partial charge in [0.1, 0.15) is 24.3 Å². The first-order chi connectivity index (χ1) is 8.42. The van der Waals surface area contributed by atoms with Crippen LogP contribution in [0.4, 0.5) is 0 Å². The van der Waals surface area contributed by atoms with Gasteiger partial charge in [0, 0.05) is 18.3 Å². The number of aliphatic hydroxyl groups excluding tert-OH is 1. The maximum Gasteiger partial charge on any atom is 0.231 e. The quantitative estimate of drug-likeness (QED) is 0.857. The lowest BCUT2D eigenvalue weighted by molar-refractivity contribution is 0.0976. The van der Waals surface area contributed by atoms with Crippen molar-refractivity contribution in [2.75, 3.05) is 13.2 Å². The van der Waals surface area contributed by atoms with Gasteiger partial charge in [0.15, 0.2) is 0 Å². The Kier molecular flexibility index (Phi) is 7.38. The molecular weight excluding hydrogens is 266 g/mol. The molecule has 0 aromatic carbocycles. The molecule has 6 heteroatoms. The highest BCUT2D eigenvalue weighted by Crippen LogP contribution is 2.12. The van der Waals surface area contributed by atoms with Crippen molar-refractivity contribution in [3.63, 3.8) is 0 Å². The Balaban J connectivity index is 0.00000324. The van der Waals surface area contributed by atoms with Crippen molar-refractivity contribution in [1.82, 2.24) is 10.3 Å². The van der Waals surface area contributed by atoms with E-state index in [-0.39, 0.29) is 30.4 Å². The number of halogens is 1. The first kappa shape index (κ1) is 17.6. The van der Waals surface area contributed by atoms with Crippen molar-refractivity contribution in [3.05, 3.63) is 23.9 Å². The molecule has 0 aliphatic heterocycles. The van der Waals surface area contributed by atoms with Crippen LogP contribution < -0.4 is 10.1 Å². The van der Waals surface area contributed by atoms with Crippen LogP contribution in [0.1, 0.15) is 26.3 Å². The van der Waals surface area contributed by atoms with Crippen LogP contribution >= 0.6 is 12.4 Å². The third kappa shape index (κ3) is 6.97. The van der Waals surface area contributed by atoms with E-state index in [1.165, 1.54) is 0 Å². The van der Waals surface area contributed by atoms with Crippen molar-refractivity contribution >= 4 is 12.4 Å². The standard InChI is InChI=1S/C13H19N3O2.ClH/c1-13(2,3)16-8-11(17)9-18-12-10(7-14)5-4-6-15-12;/h4-6,11,16-17H,8-9H2,1-3H3;1H/t11-;/m1./s1. The fraction of sp³-hybridized carbons (Fsp3) is 0.538. The van der Waals surface area contributed by atoms with Crippen LogP contribution in [0.15, 0.2) is 18.3 Å². The number of nitrogens with one attached hydrogen (secondary N) is 1. The Morgan fingerprint density at radius 1 is 1.53 bits per heavy atom. The van der Waals surface area contributed by atoms with Gasteiger partial charge >= 0.3 is 0 Å². The molecule has 0 bridgehead atoms. The molecule has 1 heterocycles. The van der Waals surface area contributed by atoms with Crippen molar-refractivity contribution < 1.29 is 9.84 Å². The molecule has 2 N–H and O–H groups in total. The van der Waals surface area contributed by atoms with Crippen LogP contribution in [0, 0.1) is 11.3 Å². The Labute approximate surface area is 120 Å². The zero-order chi connectivity index (χ0) is 13.6. The molecule has 5 nitrogen and oxygen atoms in total. The molecule has 1 aromatic heterocycles. The molecule has 0 amide bonds. The molecule has 1 rings (SSSR count). The first-order valence-electron chi connectivity index (χ1n) is 5.83. The molecule has 0 saturated carbocycles. The smallest absolute Gasteiger partial charge is 0.231 e. The molecule has 19 heavy (non-hydrogen) atoms. The van der Waals surface area contributed by atoms with Crippen molar-refractivity contribution in [2.45, 2.75) is 32.4 Å².